The first-order valence-electron chi connectivity index (χ1n) is 20.0. The van der Waals surface area contributed by atoms with Gasteiger partial charge in [-0.3, -0.25) is 47.9 Å². The van der Waals surface area contributed by atoms with Gasteiger partial charge in [-0.15, -0.1) is 0 Å². The third-order valence-electron chi connectivity index (χ3n) is 10.1. The smallest absolute Gasteiger partial charge is 0.326 e. The van der Waals surface area contributed by atoms with E-state index in [0.717, 1.165) is 4.90 Å². The van der Waals surface area contributed by atoms with E-state index in [4.69, 9.17) is 11.5 Å². The van der Waals surface area contributed by atoms with Crippen molar-refractivity contribution in [2.75, 3.05) is 19.7 Å². The third kappa shape index (κ3) is 16.2. The fourth-order valence-electron chi connectivity index (χ4n) is 6.91. The summed E-state index contributed by atoms with van der Waals surface area (Å²) in [6.07, 6.45) is -1.96. The summed E-state index contributed by atoms with van der Waals surface area (Å²) in [5.74, 6) is -11.0. The van der Waals surface area contributed by atoms with Crippen LogP contribution in [-0.4, -0.2) is 163 Å². The lowest BCUT2D eigenvalue weighted by Crippen LogP contribution is -2.59. The number of amides is 8. The molecular formula is C37H59N9O15. The van der Waals surface area contributed by atoms with E-state index in [1.165, 1.54) is 11.8 Å². The average Bonchev–Trinajstić information content (AvgIpc) is 3.89. The number of aliphatic carboxylic acids is 3. The number of hydrogen-bond acceptors (Lipinski definition) is 13. The molecule has 8 unspecified atom stereocenters. The first-order chi connectivity index (χ1) is 28.6. The summed E-state index contributed by atoms with van der Waals surface area (Å²) in [5, 5.41) is 49.5. The Morgan fingerprint density at radius 2 is 1.05 bits per heavy atom. The quantitative estimate of drug-likeness (QED) is 0.0415. The Morgan fingerprint density at radius 1 is 0.607 bits per heavy atom. The number of hydrogen-bond donors (Lipinski definition) is 11. The molecule has 2 saturated heterocycles. The highest BCUT2D eigenvalue weighted by Crippen LogP contribution is 2.22. The van der Waals surface area contributed by atoms with Crippen LogP contribution in [0.4, 0.5) is 0 Å². The van der Waals surface area contributed by atoms with E-state index in [1.54, 1.807) is 13.8 Å². The molecule has 61 heavy (non-hydrogen) atoms. The second kappa shape index (κ2) is 24.4. The number of primary amides is 1. The predicted octanol–water partition coefficient (Wildman–Crippen LogP) is -4.14. The summed E-state index contributed by atoms with van der Waals surface area (Å²) in [7, 11) is 0. The molecule has 2 heterocycles. The molecule has 0 spiro atoms. The van der Waals surface area contributed by atoms with E-state index in [9.17, 15) is 73.2 Å². The number of carboxylic acid groups (broad SMARTS) is 3. The normalized spacial score (nSPS) is 19.0. The minimum Gasteiger partial charge on any atom is -0.481 e. The van der Waals surface area contributed by atoms with Crippen LogP contribution in [0.1, 0.15) is 91.4 Å². The standard InChI is InChI=1S/C37H59N9O15/c1-18(2)16-24(37(60)61)44-34(57)26-7-4-14-45(26)35(58)19(3)40-33(56)25-6-5-15-46(25)36(59)23(10-13-29(51)52)43-32(55)22(9-12-28(49)50)42-31(54)21(8-11-27(39)48)41-30(53)20(38)17-47/h18-26,47H,4-17,38H2,1-3H3,(H2,39,48)(H,40,56)(H,41,53)(H,42,54)(H,43,55)(H,44,57)(H,49,50)(H,51,52)(H,60,61). The van der Waals surface area contributed by atoms with Crippen LogP contribution in [0.5, 0.6) is 0 Å². The molecule has 8 amide bonds. The third-order valence-corrected chi connectivity index (χ3v) is 10.1. The van der Waals surface area contributed by atoms with Gasteiger partial charge in [0.25, 0.3) is 0 Å². The van der Waals surface area contributed by atoms with Gasteiger partial charge >= 0.3 is 17.9 Å². The zero-order valence-corrected chi connectivity index (χ0v) is 34.4. The van der Waals surface area contributed by atoms with Gasteiger partial charge in [0.15, 0.2) is 0 Å². The molecule has 24 heteroatoms. The van der Waals surface area contributed by atoms with Gasteiger partial charge in [-0.25, -0.2) is 4.79 Å². The maximum atomic E-state index is 14.0. The number of carboxylic acids is 3. The van der Waals surface area contributed by atoms with Crippen molar-refractivity contribution in [1.82, 2.24) is 36.4 Å². The Morgan fingerprint density at radius 3 is 1.51 bits per heavy atom. The second-order valence-electron chi connectivity index (χ2n) is 15.5. The molecule has 0 aromatic rings. The SMILES string of the molecule is CC(C)CC(NC(=O)C1CCCN1C(=O)C(C)NC(=O)C1CCCN1C(=O)C(CCC(=O)O)NC(=O)C(CCC(=O)O)NC(=O)C(CCC(N)=O)NC(=O)C(N)CO)C(=O)O. The van der Waals surface area contributed by atoms with Crippen LogP contribution >= 0.6 is 0 Å². The summed E-state index contributed by atoms with van der Waals surface area (Å²) in [6, 6.07) is -10.9. The van der Waals surface area contributed by atoms with E-state index < -0.39 is 152 Å². The number of aliphatic hydroxyl groups is 1. The van der Waals surface area contributed by atoms with Gasteiger partial charge in [0.05, 0.1) is 6.61 Å². The van der Waals surface area contributed by atoms with Crippen molar-refractivity contribution in [1.29, 1.82) is 0 Å². The Labute approximate surface area is 351 Å². The van der Waals surface area contributed by atoms with Crippen molar-refractivity contribution in [3.05, 3.63) is 0 Å². The molecule has 2 rings (SSSR count). The number of likely N-dealkylation sites (tertiary alicyclic amines) is 2. The number of nitrogens with two attached hydrogens (primary N) is 2. The molecule has 8 atom stereocenters. The Hall–Kier alpha value is -5.91. The van der Waals surface area contributed by atoms with Gasteiger partial charge in [-0.2, -0.15) is 0 Å². The molecule has 0 radical (unpaired) electrons. The summed E-state index contributed by atoms with van der Waals surface area (Å²) in [4.78, 5) is 142. The van der Waals surface area contributed by atoms with Crippen molar-refractivity contribution in [3.63, 3.8) is 0 Å². The maximum absolute atomic E-state index is 14.0. The fraction of sp³-hybridized carbons (Fsp3) is 0.703. The molecule has 24 nitrogen and oxygen atoms in total. The van der Waals surface area contributed by atoms with Crippen LogP contribution in [0.2, 0.25) is 0 Å². The number of nitrogens with zero attached hydrogens (tertiary/aromatic N) is 2. The van der Waals surface area contributed by atoms with E-state index in [0.29, 0.717) is 6.42 Å². The minimum absolute atomic E-state index is 0.0232. The lowest BCUT2D eigenvalue weighted by atomic mass is 10.0. The lowest BCUT2D eigenvalue weighted by molar-refractivity contribution is -0.146. The topological polar surface area (TPSA) is 387 Å². The first kappa shape index (κ1) is 51.2. The summed E-state index contributed by atoms with van der Waals surface area (Å²) < 4.78 is 0. The Bertz CT molecular complexity index is 1660. The number of nitrogens with one attached hydrogen (secondary N) is 5. The number of carbonyl (C=O) groups is 11. The van der Waals surface area contributed by atoms with Crippen LogP contribution in [0.15, 0.2) is 0 Å². The largest absolute Gasteiger partial charge is 0.481 e. The highest BCUT2D eigenvalue weighted by atomic mass is 16.4. The fourth-order valence-corrected chi connectivity index (χ4v) is 6.91. The van der Waals surface area contributed by atoms with Crippen molar-refractivity contribution < 1.29 is 73.2 Å². The van der Waals surface area contributed by atoms with E-state index >= 15 is 0 Å². The van der Waals surface area contributed by atoms with Gasteiger partial charge in [-0.05, 0) is 64.2 Å². The van der Waals surface area contributed by atoms with E-state index in [1.807, 2.05) is 0 Å². The molecule has 0 bridgehead atoms. The second-order valence-corrected chi connectivity index (χ2v) is 15.5. The van der Waals surface area contributed by atoms with Gasteiger partial charge in [0.1, 0.15) is 48.3 Å². The van der Waals surface area contributed by atoms with Crippen molar-refractivity contribution in [2.24, 2.45) is 17.4 Å². The van der Waals surface area contributed by atoms with Crippen LogP contribution in [0.3, 0.4) is 0 Å². The van der Waals surface area contributed by atoms with Crippen molar-refractivity contribution in [2.45, 2.75) is 140 Å². The molecule has 0 aromatic heterocycles. The van der Waals surface area contributed by atoms with Gasteiger partial charge in [0, 0.05) is 32.4 Å². The molecule has 2 aliphatic rings. The number of carbonyl (C=O) groups excluding carboxylic acids is 8. The molecule has 0 aromatic carbocycles. The number of aliphatic hydroxyl groups excluding tert-OH is 1. The predicted molar refractivity (Wildman–Crippen MR) is 209 cm³/mol. The highest BCUT2D eigenvalue weighted by molar-refractivity contribution is 5.98. The highest BCUT2D eigenvalue weighted by Gasteiger charge is 2.42. The Kier molecular flexibility index (Phi) is 20.5. The zero-order valence-electron chi connectivity index (χ0n) is 34.4. The zero-order chi connectivity index (χ0) is 46.1. The molecule has 13 N–H and O–H groups in total. The van der Waals surface area contributed by atoms with Crippen LogP contribution in [0, 0.1) is 5.92 Å². The number of rotatable bonds is 25. The van der Waals surface area contributed by atoms with E-state index in [-0.39, 0.29) is 51.1 Å². The summed E-state index contributed by atoms with van der Waals surface area (Å²) in [5.41, 5.74) is 10.7. The van der Waals surface area contributed by atoms with Gasteiger partial charge < -0.3 is 68.3 Å². The molecule has 2 fully saturated rings. The summed E-state index contributed by atoms with van der Waals surface area (Å²) in [6.45, 7) is 4.29. The van der Waals surface area contributed by atoms with Gasteiger partial charge in [-0.1, -0.05) is 13.8 Å². The maximum Gasteiger partial charge on any atom is 0.326 e. The lowest BCUT2D eigenvalue weighted by Gasteiger charge is -2.31. The summed E-state index contributed by atoms with van der Waals surface area (Å²) >= 11 is 0. The van der Waals surface area contributed by atoms with Crippen LogP contribution in [0.25, 0.3) is 0 Å². The van der Waals surface area contributed by atoms with Crippen LogP contribution < -0.4 is 38.1 Å². The molecule has 0 saturated carbocycles. The molecule has 2 aliphatic heterocycles. The van der Waals surface area contributed by atoms with Gasteiger partial charge in [0.2, 0.25) is 47.3 Å². The monoisotopic (exact) mass is 869 g/mol. The average molecular weight is 870 g/mol. The Balaban J connectivity index is 2.26. The van der Waals surface area contributed by atoms with E-state index in [2.05, 4.69) is 26.6 Å². The van der Waals surface area contributed by atoms with Crippen molar-refractivity contribution in [3.8, 4) is 0 Å². The molecule has 0 aliphatic carbocycles. The van der Waals surface area contributed by atoms with Crippen molar-refractivity contribution >= 4 is 65.2 Å². The molecule has 342 valence electrons. The van der Waals surface area contributed by atoms with Crippen LogP contribution in [-0.2, 0) is 52.7 Å². The first-order valence-corrected chi connectivity index (χ1v) is 20.0. The molecular weight excluding hydrogens is 810 g/mol. The minimum atomic E-state index is -1.70.